The van der Waals surface area contributed by atoms with Gasteiger partial charge in [0.25, 0.3) is 0 Å². The van der Waals surface area contributed by atoms with E-state index in [4.69, 9.17) is 5.73 Å². The lowest BCUT2D eigenvalue weighted by Gasteiger charge is -2.15. The van der Waals surface area contributed by atoms with Gasteiger partial charge < -0.3 is 5.73 Å². The minimum atomic E-state index is -4.47. The predicted octanol–water partition coefficient (Wildman–Crippen LogP) is 1.35. The fraction of sp³-hybridized carbons (Fsp3) is 0.429. The quantitative estimate of drug-likeness (QED) is 0.728. The number of hydrogen-bond donors (Lipinski definition) is 1. The van der Waals surface area contributed by atoms with Crippen LogP contribution in [0.4, 0.5) is 13.2 Å². The third kappa shape index (κ3) is 2.15. The molecule has 0 amide bonds. The molecule has 1 atom stereocenters. The zero-order valence-electron chi connectivity index (χ0n) is 6.84. The van der Waals surface area contributed by atoms with Crippen molar-refractivity contribution in [3.63, 3.8) is 0 Å². The van der Waals surface area contributed by atoms with Crippen LogP contribution in [0, 0.1) is 6.92 Å². The van der Waals surface area contributed by atoms with Crippen molar-refractivity contribution in [1.82, 2.24) is 9.97 Å². The predicted molar refractivity (Wildman–Crippen MR) is 39.8 cm³/mol. The molecule has 0 aromatic carbocycles. The highest BCUT2D eigenvalue weighted by atomic mass is 19.4. The summed E-state index contributed by atoms with van der Waals surface area (Å²) in [6.45, 7) is 1.44. The van der Waals surface area contributed by atoms with Gasteiger partial charge in [0.05, 0.1) is 11.4 Å². The standard InChI is InChI=1S/C7H8F3N3/c1-4-5(13-3-2-12-4)6(11)7(8,9)10/h2-3,6H,11H2,1H3. The van der Waals surface area contributed by atoms with E-state index in [2.05, 4.69) is 9.97 Å². The van der Waals surface area contributed by atoms with Gasteiger partial charge in [0, 0.05) is 12.4 Å². The summed E-state index contributed by atoms with van der Waals surface area (Å²) in [6.07, 6.45) is -1.96. The lowest BCUT2D eigenvalue weighted by Crippen LogP contribution is -2.30. The molecule has 1 unspecified atom stereocenters. The Morgan fingerprint density at radius 3 is 2.31 bits per heavy atom. The smallest absolute Gasteiger partial charge is 0.315 e. The van der Waals surface area contributed by atoms with Crippen molar-refractivity contribution in [2.45, 2.75) is 19.1 Å². The normalized spacial score (nSPS) is 14.2. The molecule has 0 aliphatic heterocycles. The lowest BCUT2D eigenvalue weighted by atomic mass is 10.2. The number of aromatic nitrogens is 2. The second-order valence-electron chi connectivity index (χ2n) is 2.55. The Morgan fingerprint density at radius 1 is 1.31 bits per heavy atom. The van der Waals surface area contributed by atoms with E-state index < -0.39 is 12.2 Å². The van der Waals surface area contributed by atoms with Crippen molar-refractivity contribution in [3.8, 4) is 0 Å². The Morgan fingerprint density at radius 2 is 1.85 bits per heavy atom. The summed E-state index contributed by atoms with van der Waals surface area (Å²) in [5.41, 5.74) is 4.92. The number of nitrogens with zero attached hydrogens (tertiary/aromatic N) is 2. The SMILES string of the molecule is Cc1nccnc1C(N)C(F)(F)F. The van der Waals surface area contributed by atoms with Crippen molar-refractivity contribution >= 4 is 0 Å². The van der Waals surface area contributed by atoms with E-state index in [0.717, 1.165) is 0 Å². The number of aryl methyl sites for hydroxylation is 1. The molecule has 0 bridgehead atoms. The van der Waals surface area contributed by atoms with Crippen LogP contribution in [-0.2, 0) is 0 Å². The molecule has 0 saturated heterocycles. The number of hydrogen-bond acceptors (Lipinski definition) is 3. The van der Waals surface area contributed by atoms with Gasteiger partial charge in [-0.2, -0.15) is 13.2 Å². The van der Waals surface area contributed by atoms with Crippen LogP contribution in [0.15, 0.2) is 12.4 Å². The van der Waals surface area contributed by atoms with Crippen molar-refractivity contribution in [2.75, 3.05) is 0 Å². The maximum Gasteiger partial charge on any atom is 0.409 e. The van der Waals surface area contributed by atoms with Gasteiger partial charge in [-0.1, -0.05) is 0 Å². The van der Waals surface area contributed by atoms with Crippen LogP contribution in [0.2, 0.25) is 0 Å². The van der Waals surface area contributed by atoms with Crippen LogP contribution in [0.1, 0.15) is 17.4 Å². The summed E-state index contributed by atoms with van der Waals surface area (Å²) in [6, 6.07) is -2.05. The summed E-state index contributed by atoms with van der Waals surface area (Å²) >= 11 is 0. The molecule has 2 N–H and O–H groups in total. The molecule has 1 aromatic heterocycles. The monoisotopic (exact) mass is 191 g/mol. The summed E-state index contributed by atoms with van der Waals surface area (Å²) < 4.78 is 36.4. The van der Waals surface area contributed by atoms with E-state index in [0.29, 0.717) is 0 Å². The highest BCUT2D eigenvalue weighted by Gasteiger charge is 2.39. The zero-order chi connectivity index (χ0) is 10.1. The molecule has 1 heterocycles. The van der Waals surface area contributed by atoms with Crippen LogP contribution in [0.3, 0.4) is 0 Å². The first-order valence-electron chi connectivity index (χ1n) is 3.52. The van der Waals surface area contributed by atoms with E-state index in [9.17, 15) is 13.2 Å². The van der Waals surface area contributed by atoms with Crippen molar-refractivity contribution in [1.29, 1.82) is 0 Å². The number of rotatable bonds is 1. The molecule has 72 valence electrons. The third-order valence-corrected chi connectivity index (χ3v) is 1.57. The Balaban J connectivity index is 3.02. The zero-order valence-corrected chi connectivity index (χ0v) is 6.84. The molecule has 1 rings (SSSR count). The lowest BCUT2D eigenvalue weighted by molar-refractivity contribution is -0.150. The fourth-order valence-corrected chi connectivity index (χ4v) is 0.879. The number of halogens is 3. The molecule has 0 aliphatic carbocycles. The summed E-state index contributed by atoms with van der Waals surface area (Å²) in [7, 11) is 0. The average Bonchev–Trinajstić information content (AvgIpc) is 2.02. The van der Waals surface area contributed by atoms with Crippen molar-refractivity contribution in [2.24, 2.45) is 5.73 Å². The molecule has 0 saturated carbocycles. The first kappa shape index (κ1) is 9.91. The fourth-order valence-electron chi connectivity index (χ4n) is 0.879. The van der Waals surface area contributed by atoms with Gasteiger partial charge in [-0.25, -0.2) is 0 Å². The van der Waals surface area contributed by atoms with E-state index in [1.54, 1.807) is 0 Å². The minimum absolute atomic E-state index is 0.201. The number of alkyl halides is 3. The average molecular weight is 191 g/mol. The Bertz CT molecular complexity index is 297. The van der Waals surface area contributed by atoms with Gasteiger partial charge in [0.1, 0.15) is 6.04 Å². The summed E-state index contributed by atoms with van der Waals surface area (Å²) in [5, 5.41) is 0. The highest BCUT2D eigenvalue weighted by molar-refractivity contribution is 5.14. The van der Waals surface area contributed by atoms with Gasteiger partial charge in [-0.15, -0.1) is 0 Å². The van der Waals surface area contributed by atoms with Gasteiger partial charge in [0.15, 0.2) is 0 Å². The first-order valence-corrected chi connectivity index (χ1v) is 3.52. The Labute approximate surface area is 72.8 Å². The van der Waals surface area contributed by atoms with E-state index in [1.807, 2.05) is 0 Å². The van der Waals surface area contributed by atoms with E-state index in [-0.39, 0.29) is 11.4 Å². The molecular weight excluding hydrogens is 183 g/mol. The minimum Gasteiger partial charge on any atom is -0.315 e. The molecule has 6 heteroatoms. The maximum absolute atomic E-state index is 12.1. The third-order valence-electron chi connectivity index (χ3n) is 1.57. The molecule has 1 aromatic rings. The highest BCUT2D eigenvalue weighted by Crippen LogP contribution is 2.29. The second kappa shape index (κ2) is 3.29. The van der Waals surface area contributed by atoms with Gasteiger partial charge in [0.2, 0.25) is 0 Å². The van der Waals surface area contributed by atoms with Gasteiger partial charge in [-0.3, -0.25) is 9.97 Å². The van der Waals surface area contributed by atoms with E-state index in [1.165, 1.54) is 19.3 Å². The topological polar surface area (TPSA) is 51.8 Å². The molecular formula is C7H8F3N3. The molecule has 0 aliphatic rings. The van der Waals surface area contributed by atoms with Gasteiger partial charge in [-0.05, 0) is 6.92 Å². The first-order chi connectivity index (χ1) is 5.93. The number of nitrogens with two attached hydrogens (primary N) is 1. The molecule has 0 radical (unpaired) electrons. The summed E-state index contributed by atoms with van der Waals surface area (Å²) in [5.74, 6) is 0. The van der Waals surface area contributed by atoms with Crippen LogP contribution < -0.4 is 5.73 Å². The van der Waals surface area contributed by atoms with Crippen LogP contribution in [0.5, 0.6) is 0 Å². The van der Waals surface area contributed by atoms with Crippen LogP contribution in [0.25, 0.3) is 0 Å². The van der Waals surface area contributed by atoms with Crippen LogP contribution in [-0.4, -0.2) is 16.1 Å². The van der Waals surface area contributed by atoms with Crippen LogP contribution >= 0.6 is 0 Å². The Hall–Kier alpha value is -1.17. The Kier molecular flexibility index (Phi) is 2.51. The van der Waals surface area contributed by atoms with E-state index >= 15 is 0 Å². The van der Waals surface area contributed by atoms with Crippen molar-refractivity contribution in [3.05, 3.63) is 23.8 Å². The maximum atomic E-state index is 12.1. The van der Waals surface area contributed by atoms with Crippen molar-refractivity contribution < 1.29 is 13.2 Å². The molecule has 3 nitrogen and oxygen atoms in total. The molecule has 13 heavy (non-hydrogen) atoms. The summed E-state index contributed by atoms with van der Waals surface area (Å²) in [4.78, 5) is 7.21. The largest absolute Gasteiger partial charge is 0.409 e. The van der Waals surface area contributed by atoms with Gasteiger partial charge >= 0.3 is 6.18 Å². The second-order valence-corrected chi connectivity index (χ2v) is 2.55. The molecule has 0 fully saturated rings. The molecule has 0 spiro atoms.